The van der Waals surface area contributed by atoms with Gasteiger partial charge in [0.05, 0.1) is 23.5 Å². The molecule has 6 nitrogen and oxygen atoms in total. The summed E-state index contributed by atoms with van der Waals surface area (Å²) in [4.78, 5) is 10.0. The Morgan fingerprint density at radius 2 is 2.35 bits per heavy atom. The van der Waals surface area contributed by atoms with E-state index < -0.39 is 4.92 Å². The normalized spacial score (nSPS) is 17.8. The second-order valence-corrected chi connectivity index (χ2v) is 4.46. The minimum Gasteiger partial charge on any atom is -0.264 e. The molecule has 6 heteroatoms. The number of hydrogen-bond donors (Lipinski definition) is 0. The number of nitro groups is 1. The smallest absolute Gasteiger partial charge is 0.264 e. The molecule has 1 aliphatic rings. The molecule has 1 saturated carbocycles. The van der Waals surface area contributed by atoms with Gasteiger partial charge in [-0.25, -0.2) is 0 Å². The number of nitrogens with zero attached hydrogens (tertiary/aromatic N) is 4. The molecule has 1 fully saturated rings. The van der Waals surface area contributed by atoms with Gasteiger partial charge in [-0.3, -0.25) is 14.8 Å². The first-order valence-corrected chi connectivity index (χ1v) is 5.77. The highest BCUT2D eigenvalue weighted by Crippen LogP contribution is 2.32. The van der Waals surface area contributed by atoms with E-state index in [0.717, 1.165) is 12.8 Å². The van der Waals surface area contributed by atoms with Gasteiger partial charge in [0.15, 0.2) is 0 Å². The lowest BCUT2D eigenvalue weighted by Gasteiger charge is -2.15. The highest BCUT2D eigenvalue weighted by atomic mass is 16.6. The van der Waals surface area contributed by atoms with E-state index in [1.807, 2.05) is 0 Å². The second-order valence-electron chi connectivity index (χ2n) is 4.46. The minimum absolute atomic E-state index is 0.0203. The molecule has 0 aliphatic heterocycles. The van der Waals surface area contributed by atoms with Crippen LogP contribution < -0.4 is 0 Å². The molecular formula is C11H14N4O2. The molecule has 1 atom stereocenters. The summed E-state index contributed by atoms with van der Waals surface area (Å²) in [6.45, 7) is 0.453. The van der Waals surface area contributed by atoms with Gasteiger partial charge in [-0.2, -0.15) is 10.4 Å². The van der Waals surface area contributed by atoms with Crippen LogP contribution in [0.25, 0.3) is 0 Å². The molecule has 1 aromatic heterocycles. The standard InChI is InChI=1S/C11H14N4O2/c12-5-10(9-3-1-2-4-9)7-14-8-11(6-13-14)15(16)17/h6,8-10H,1-4,7H2. The largest absolute Gasteiger partial charge is 0.306 e. The van der Waals surface area contributed by atoms with Gasteiger partial charge in [-0.1, -0.05) is 12.8 Å². The summed E-state index contributed by atoms with van der Waals surface area (Å²) in [5, 5.41) is 23.6. The van der Waals surface area contributed by atoms with Gasteiger partial charge in [0.1, 0.15) is 12.4 Å². The van der Waals surface area contributed by atoms with Crippen molar-refractivity contribution in [2.24, 2.45) is 11.8 Å². The fourth-order valence-corrected chi connectivity index (χ4v) is 2.40. The molecule has 0 aromatic carbocycles. The maximum atomic E-state index is 10.5. The molecular weight excluding hydrogens is 220 g/mol. The SMILES string of the molecule is N#CC(Cn1cc([N+](=O)[O-])cn1)C1CCCC1. The van der Waals surface area contributed by atoms with E-state index in [2.05, 4.69) is 11.2 Å². The zero-order chi connectivity index (χ0) is 12.3. The lowest BCUT2D eigenvalue weighted by Crippen LogP contribution is -2.17. The number of hydrogen-bond acceptors (Lipinski definition) is 4. The molecule has 0 bridgehead atoms. The average molecular weight is 234 g/mol. The quantitative estimate of drug-likeness (QED) is 0.590. The molecule has 1 heterocycles. The Kier molecular flexibility index (Phi) is 3.38. The van der Waals surface area contributed by atoms with Gasteiger partial charge in [0.2, 0.25) is 0 Å². The maximum absolute atomic E-state index is 10.5. The van der Waals surface area contributed by atoms with E-state index in [1.165, 1.54) is 29.9 Å². The monoisotopic (exact) mass is 234 g/mol. The molecule has 2 rings (SSSR count). The van der Waals surface area contributed by atoms with Crippen LogP contribution in [-0.4, -0.2) is 14.7 Å². The summed E-state index contributed by atoms with van der Waals surface area (Å²) in [6.07, 6.45) is 7.15. The average Bonchev–Trinajstić information content (AvgIpc) is 2.96. The zero-order valence-corrected chi connectivity index (χ0v) is 9.45. The Balaban J connectivity index is 2.02. The molecule has 90 valence electrons. The summed E-state index contributed by atoms with van der Waals surface area (Å²) < 4.78 is 1.50. The van der Waals surface area contributed by atoms with Crippen LogP contribution in [0.1, 0.15) is 25.7 Å². The van der Waals surface area contributed by atoms with Gasteiger partial charge in [-0.15, -0.1) is 0 Å². The third kappa shape index (κ3) is 2.61. The first-order chi connectivity index (χ1) is 8.20. The zero-order valence-electron chi connectivity index (χ0n) is 9.45. The fraction of sp³-hybridized carbons (Fsp3) is 0.636. The van der Waals surface area contributed by atoms with Gasteiger partial charge in [0.25, 0.3) is 0 Å². The molecule has 0 spiro atoms. The van der Waals surface area contributed by atoms with Gasteiger partial charge < -0.3 is 0 Å². The first kappa shape index (κ1) is 11.6. The van der Waals surface area contributed by atoms with Crippen LogP contribution >= 0.6 is 0 Å². The summed E-state index contributed by atoms with van der Waals surface area (Å²) in [7, 11) is 0. The molecule has 17 heavy (non-hydrogen) atoms. The van der Waals surface area contributed by atoms with Crippen molar-refractivity contribution in [1.29, 1.82) is 5.26 Å². The first-order valence-electron chi connectivity index (χ1n) is 5.77. The fourth-order valence-electron chi connectivity index (χ4n) is 2.40. The number of rotatable bonds is 4. The van der Waals surface area contributed by atoms with Gasteiger partial charge in [-0.05, 0) is 18.8 Å². The van der Waals surface area contributed by atoms with E-state index in [1.54, 1.807) is 0 Å². The molecule has 1 aromatic rings. The molecule has 0 amide bonds. The van der Waals surface area contributed by atoms with E-state index in [-0.39, 0.29) is 11.6 Å². The van der Waals surface area contributed by atoms with Crippen LogP contribution in [0.4, 0.5) is 5.69 Å². The predicted octanol–water partition coefficient (Wildman–Crippen LogP) is 2.12. The van der Waals surface area contributed by atoms with Crippen molar-refractivity contribution in [3.63, 3.8) is 0 Å². The minimum atomic E-state index is -0.472. The molecule has 0 radical (unpaired) electrons. The topological polar surface area (TPSA) is 84.8 Å². The number of nitriles is 1. The predicted molar refractivity (Wildman–Crippen MR) is 59.9 cm³/mol. The summed E-state index contributed by atoms with van der Waals surface area (Å²) in [5.74, 6) is 0.334. The van der Waals surface area contributed by atoms with Crippen molar-refractivity contribution in [1.82, 2.24) is 9.78 Å². The van der Waals surface area contributed by atoms with Crippen LogP contribution in [0.5, 0.6) is 0 Å². The molecule has 1 aliphatic carbocycles. The van der Waals surface area contributed by atoms with Crippen molar-refractivity contribution in [3.8, 4) is 6.07 Å². The lowest BCUT2D eigenvalue weighted by molar-refractivity contribution is -0.385. The third-order valence-corrected chi connectivity index (χ3v) is 3.35. The van der Waals surface area contributed by atoms with Gasteiger partial charge >= 0.3 is 5.69 Å². The van der Waals surface area contributed by atoms with Crippen molar-refractivity contribution >= 4 is 5.69 Å². The van der Waals surface area contributed by atoms with Crippen molar-refractivity contribution < 1.29 is 4.92 Å². The Morgan fingerprint density at radius 3 is 2.88 bits per heavy atom. The van der Waals surface area contributed by atoms with Gasteiger partial charge in [0, 0.05) is 0 Å². The Bertz CT molecular complexity index is 443. The highest BCUT2D eigenvalue weighted by Gasteiger charge is 2.25. The van der Waals surface area contributed by atoms with Crippen molar-refractivity contribution in [3.05, 3.63) is 22.5 Å². The van der Waals surface area contributed by atoms with E-state index in [9.17, 15) is 10.1 Å². The summed E-state index contributed by atoms with van der Waals surface area (Å²) >= 11 is 0. The van der Waals surface area contributed by atoms with E-state index in [0.29, 0.717) is 12.5 Å². The molecule has 1 unspecified atom stereocenters. The molecule has 0 saturated heterocycles. The van der Waals surface area contributed by atoms with Crippen LogP contribution in [0.2, 0.25) is 0 Å². The van der Waals surface area contributed by atoms with Crippen molar-refractivity contribution in [2.75, 3.05) is 0 Å². The number of aromatic nitrogens is 2. The Labute approximate surface area is 99.0 Å². The van der Waals surface area contributed by atoms with Crippen LogP contribution in [0.3, 0.4) is 0 Å². The van der Waals surface area contributed by atoms with Crippen LogP contribution in [-0.2, 0) is 6.54 Å². The van der Waals surface area contributed by atoms with Crippen molar-refractivity contribution in [2.45, 2.75) is 32.2 Å². The maximum Gasteiger partial charge on any atom is 0.306 e. The second kappa shape index (κ2) is 4.95. The highest BCUT2D eigenvalue weighted by molar-refractivity contribution is 5.20. The van der Waals surface area contributed by atoms with Crippen LogP contribution in [0, 0.1) is 33.3 Å². The Morgan fingerprint density at radius 1 is 1.65 bits per heavy atom. The van der Waals surface area contributed by atoms with E-state index in [4.69, 9.17) is 5.26 Å². The molecule has 0 N–H and O–H groups in total. The van der Waals surface area contributed by atoms with Crippen LogP contribution in [0.15, 0.2) is 12.4 Å². The summed E-state index contributed by atoms with van der Waals surface area (Å²) in [6, 6.07) is 2.30. The summed E-state index contributed by atoms with van der Waals surface area (Å²) in [5.41, 5.74) is -0.0203. The third-order valence-electron chi connectivity index (χ3n) is 3.35. The van der Waals surface area contributed by atoms with E-state index >= 15 is 0 Å². The lowest BCUT2D eigenvalue weighted by atomic mass is 9.92. The Hall–Kier alpha value is -1.90.